The van der Waals surface area contributed by atoms with E-state index in [-0.39, 0.29) is 12.1 Å². The van der Waals surface area contributed by atoms with Crippen molar-refractivity contribution in [2.75, 3.05) is 0 Å². The fourth-order valence-electron chi connectivity index (χ4n) is 2.51. The predicted molar refractivity (Wildman–Crippen MR) is 74.5 cm³/mol. The van der Waals surface area contributed by atoms with Crippen molar-refractivity contribution in [3.63, 3.8) is 0 Å². The van der Waals surface area contributed by atoms with E-state index in [1.54, 1.807) is 0 Å². The number of rotatable bonds is 1. The zero-order valence-electron chi connectivity index (χ0n) is 12.2. The summed E-state index contributed by atoms with van der Waals surface area (Å²) in [5.74, 6) is 0. The molecule has 0 aromatic heterocycles. The van der Waals surface area contributed by atoms with Crippen molar-refractivity contribution in [2.45, 2.75) is 52.3 Å². The van der Waals surface area contributed by atoms with Crippen LogP contribution in [0.4, 0.5) is 4.79 Å². The normalized spacial score (nSPS) is 23.0. The van der Waals surface area contributed by atoms with E-state index in [4.69, 9.17) is 4.74 Å². The number of nitrogens with zero attached hydrogens (tertiary/aromatic N) is 1. The average Bonchev–Trinajstić information content (AvgIpc) is 2.53. The van der Waals surface area contributed by atoms with Gasteiger partial charge in [-0.3, -0.25) is 5.43 Å². The van der Waals surface area contributed by atoms with Crippen molar-refractivity contribution in [3.05, 3.63) is 35.4 Å². The molecule has 2 rings (SSSR count). The summed E-state index contributed by atoms with van der Waals surface area (Å²) < 4.78 is 5.30. The van der Waals surface area contributed by atoms with Crippen molar-refractivity contribution in [3.8, 4) is 0 Å². The smallest absolute Gasteiger partial charge is 0.422 e. The third-order valence-corrected chi connectivity index (χ3v) is 3.35. The van der Waals surface area contributed by atoms with E-state index in [0.29, 0.717) is 0 Å². The highest BCUT2D eigenvalue weighted by atomic mass is 16.6. The first-order valence-corrected chi connectivity index (χ1v) is 6.66. The van der Waals surface area contributed by atoms with Gasteiger partial charge in [0.15, 0.2) is 0 Å². The molecule has 1 N–H and O–H groups in total. The number of carbonyl (C=O) groups is 1. The lowest BCUT2D eigenvalue weighted by Crippen LogP contribution is -2.44. The Morgan fingerprint density at radius 2 is 1.63 bits per heavy atom. The fraction of sp³-hybridized carbons (Fsp3) is 0.533. The molecule has 19 heavy (non-hydrogen) atoms. The molecule has 0 saturated carbocycles. The number of fused-ring (bicyclic) bond motifs is 1. The first kappa shape index (κ1) is 13.9. The van der Waals surface area contributed by atoms with E-state index < -0.39 is 11.7 Å². The van der Waals surface area contributed by atoms with Crippen LogP contribution >= 0.6 is 0 Å². The molecule has 0 bridgehead atoms. The fourth-order valence-corrected chi connectivity index (χ4v) is 2.51. The predicted octanol–water partition coefficient (Wildman–Crippen LogP) is 3.56. The number of hydrogen-bond acceptors (Lipinski definition) is 3. The van der Waals surface area contributed by atoms with Gasteiger partial charge >= 0.3 is 6.09 Å². The highest BCUT2D eigenvalue weighted by molar-refractivity contribution is 5.67. The van der Waals surface area contributed by atoms with Crippen molar-refractivity contribution in [1.29, 1.82) is 0 Å². The number of ether oxygens (including phenoxy) is 1. The Morgan fingerprint density at radius 1 is 1.16 bits per heavy atom. The third kappa shape index (κ3) is 2.89. The molecule has 0 spiro atoms. The van der Waals surface area contributed by atoms with Gasteiger partial charge in [0, 0.05) is 0 Å². The lowest BCUT2D eigenvalue weighted by atomic mass is 10.0. The second-order valence-electron chi connectivity index (χ2n) is 6.00. The van der Waals surface area contributed by atoms with Crippen LogP contribution in [-0.2, 0) is 4.74 Å². The van der Waals surface area contributed by atoms with E-state index in [1.807, 2.05) is 37.9 Å². The zero-order valence-corrected chi connectivity index (χ0v) is 12.2. The number of hydrazine groups is 1. The topological polar surface area (TPSA) is 41.6 Å². The summed E-state index contributed by atoms with van der Waals surface area (Å²) in [7, 11) is 0. The van der Waals surface area contributed by atoms with Crippen LogP contribution in [0.25, 0.3) is 0 Å². The summed E-state index contributed by atoms with van der Waals surface area (Å²) >= 11 is 0. The van der Waals surface area contributed by atoms with Gasteiger partial charge in [0.2, 0.25) is 0 Å². The molecule has 0 radical (unpaired) electrons. The van der Waals surface area contributed by atoms with Gasteiger partial charge in [0.25, 0.3) is 0 Å². The number of hydrogen-bond donors (Lipinski definition) is 1. The molecule has 1 heterocycles. The van der Waals surface area contributed by atoms with Crippen molar-refractivity contribution >= 4 is 6.09 Å². The van der Waals surface area contributed by atoms with E-state index in [0.717, 1.165) is 0 Å². The van der Waals surface area contributed by atoms with Crippen LogP contribution < -0.4 is 5.43 Å². The largest absolute Gasteiger partial charge is 0.443 e. The summed E-state index contributed by atoms with van der Waals surface area (Å²) in [6, 6.07) is 8.57. The molecule has 1 amide bonds. The highest BCUT2D eigenvalue weighted by Gasteiger charge is 2.34. The van der Waals surface area contributed by atoms with Gasteiger partial charge in [0.05, 0.1) is 12.1 Å². The molecular weight excluding hydrogens is 240 g/mol. The minimum Gasteiger partial charge on any atom is -0.443 e. The van der Waals surface area contributed by atoms with Crippen LogP contribution in [0.5, 0.6) is 0 Å². The zero-order chi connectivity index (χ0) is 14.2. The maximum atomic E-state index is 11.9. The molecule has 4 nitrogen and oxygen atoms in total. The van der Waals surface area contributed by atoms with Gasteiger partial charge < -0.3 is 4.74 Å². The van der Waals surface area contributed by atoms with Crippen LogP contribution in [-0.4, -0.2) is 16.7 Å². The van der Waals surface area contributed by atoms with Crippen molar-refractivity contribution in [1.82, 2.24) is 10.4 Å². The Labute approximate surface area is 114 Å². The molecule has 4 heteroatoms. The Morgan fingerprint density at radius 3 is 2.05 bits per heavy atom. The Hall–Kier alpha value is -1.55. The standard InChI is InChI=1S/C15H22N2O2/c1-10-12-8-6-7-9-13(12)11(2)17(10)16-14(18)19-15(3,4)5/h6-11H,1-5H3,(H,16,18). The van der Waals surface area contributed by atoms with Gasteiger partial charge in [-0.1, -0.05) is 24.3 Å². The highest BCUT2D eigenvalue weighted by Crippen LogP contribution is 2.39. The van der Waals surface area contributed by atoms with Crippen molar-refractivity contribution < 1.29 is 9.53 Å². The molecule has 0 saturated heterocycles. The van der Waals surface area contributed by atoms with Crippen molar-refractivity contribution in [2.24, 2.45) is 0 Å². The van der Waals surface area contributed by atoms with Gasteiger partial charge in [-0.05, 0) is 45.7 Å². The summed E-state index contributed by atoms with van der Waals surface area (Å²) in [4.78, 5) is 11.9. The minimum atomic E-state index is -0.483. The monoisotopic (exact) mass is 262 g/mol. The second kappa shape index (κ2) is 4.85. The molecule has 2 unspecified atom stereocenters. The molecule has 0 fully saturated rings. The van der Waals surface area contributed by atoms with Gasteiger partial charge in [0.1, 0.15) is 5.60 Å². The van der Waals surface area contributed by atoms with Gasteiger partial charge in [-0.25, -0.2) is 9.80 Å². The summed E-state index contributed by atoms with van der Waals surface area (Å²) in [5.41, 5.74) is 4.88. The number of benzene rings is 1. The number of amides is 1. The maximum Gasteiger partial charge on any atom is 0.422 e. The summed E-state index contributed by atoms with van der Waals surface area (Å²) in [5, 5.41) is 1.94. The summed E-state index contributed by atoms with van der Waals surface area (Å²) in [6.07, 6.45) is -0.404. The molecule has 104 valence electrons. The van der Waals surface area contributed by atoms with E-state index in [1.165, 1.54) is 11.1 Å². The molecule has 1 aromatic rings. The first-order valence-electron chi connectivity index (χ1n) is 6.66. The Bertz CT molecular complexity index is 450. The van der Waals surface area contributed by atoms with Gasteiger partial charge in [-0.2, -0.15) is 0 Å². The molecule has 1 aliphatic rings. The van der Waals surface area contributed by atoms with Crippen LogP contribution in [0.15, 0.2) is 24.3 Å². The number of carbonyl (C=O) groups excluding carboxylic acids is 1. The Balaban J connectivity index is 2.10. The number of nitrogens with one attached hydrogen (secondary N) is 1. The lowest BCUT2D eigenvalue weighted by Gasteiger charge is -2.28. The molecule has 0 aliphatic carbocycles. The van der Waals surface area contributed by atoms with E-state index in [2.05, 4.69) is 31.4 Å². The van der Waals surface area contributed by atoms with Crippen LogP contribution in [0.3, 0.4) is 0 Å². The molecule has 1 aliphatic heterocycles. The lowest BCUT2D eigenvalue weighted by molar-refractivity contribution is 0.0201. The SMILES string of the molecule is CC1c2ccccc2C(C)N1NC(=O)OC(C)(C)C. The maximum absolute atomic E-state index is 11.9. The van der Waals surface area contributed by atoms with Crippen LogP contribution in [0.2, 0.25) is 0 Å². The van der Waals surface area contributed by atoms with Crippen LogP contribution in [0.1, 0.15) is 57.8 Å². The first-order chi connectivity index (χ1) is 8.79. The second-order valence-corrected chi connectivity index (χ2v) is 6.00. The van der Waals surface area contributed by atoms with E-state index >= 15 is 0 Å². The van der Waals surface area contributed by atoms with Gasteiger partial charge in [-0.15, -0.1) is 0 Å². The Kier molecular flexibility index (Phi) is 3.54. The average molecular weight is 262 g/mol. The summed E-state index contributed by atoms with van der Waals surface area (Å²) in [6.45, 7) is 9.74. The molecular formula is C15H22N2O2. The van der Waals surface area contributed by atoms with E-state index in [9.17, 15) is 4.79 Å². The third-order valence-electron chi connectivity index (χ3n) is 3.35. The minimum absolute atomic E-state index is 0.152. The van der Waals surface area contributed by atoms with Crippen LogP contribution in [0, 0.1) is 0 Å². The quantitative estimate of drug-likeness (QED) is 0.841. The molecule has 1 aromatic carbocycles. The molecule has 2 atom stereocenters.